The molecule has 11 heteroatoms. The van der Waals surface area contributed by atoms with E-state index in [0.717, 1.165) is 18.6 Å². The van der Waals surface area contributed by atoms with Crippen LogP contribution in [0.4, 0.5) is 23.8 Å². The van der Waals surface area contributed by atoms with Gasteiger partial charge in [0.05, 0.1) is 5.56 Å². The first kappa shape index (κ1) is 24.7. The number of benzene rings is 1. The molecular weight excluding hydrogens is 461 g/mol. The molecule has 1 aromatic carbocycles. The van der Waals surface area contributed by atoms with Gasteiger partial charge in [-0.2, -0.15) is 18.2 Å². The van der Waals surface area contributed by atoms with Gasteiger partial charge in [-0.3, -0.25) is 0 Å². The minimum Gasteiger partial charge on any atom is -0.352 e. The van der Waals surface area contributed by atoms with Crippen molar-refractivity contribution in [2.45, 2.75) is 52.3 Å². The van der Waals surface area contributed by atoms with Gasteiger partial charge in [-0.05, 0) is 39.3 Å². The van der Waals surface area contributed by atoms with Crippen molar-refractivity contribution in [2.75, 3.05) is 31.1 Å². The van der Waals surface area contributed by atoms with Gasteiger partial charge in [0.2, 0.25) is 0 Å². The number of halogens is 3. The smallest absolute Gasteiger partial charge is 0.352 e. The second-order valence-electron chi connectivity index (χ2n) is 9.66. The van der Waals surface area contributed by atoms with E-state index in [4.69, 9.17) is 9.51 Å². The van der Waals surface area contributed by atoms with Crippen LogP contribution >= 0.6 is 0 Å². The lowest BCUT2D eigenvalue weighted by atomic mass is 10.1. The molecule has 35 heavy (non-hydrogen) atoms. The largest absolute Gasteiger partial charge is 0.416 e. The number of hydrogen-bond donors (Lipinski definition) is 1. The molecule has 2 aromatic heterocycles. The summed E-state index contributed by atoms with van der Waals surface area (Å²) in [6.45, 7) is 9.74. The molecular formula is C24H29F3N6O2. The van der Waals surface area contributed by atoms with Gasteiger partial charge in [-0.25, -0.2) is 9.78 Å². The van der Waals surface area contributed by atoms with Crippen LogP contribution in [0, 0.1) is 0 Å². The maximum absolute atomic E-state index is 13.3. The Kier molecular flexibility index (Phi) is 6.61. The van der Waals surface area contributed by atoms with Crippen LogP contribution in [0.2, 0.25) is 0 Å². The number of rotatable bonds is 4. The molecule has 1 saturated heterocycles. The van der Waals surface area contributed by atoms with E-state index in [2.05, 4.69) is 15.5 Å². The van der Waals surface area contributed by atoms with Gasteiger partial charge in [-0.1, -0.05) is 24.2 Å². The van der Waals surface area contributed by atoms with Crippen LogP contribution in [0.5, 0.6) is 0 Å². The summed E-state index contributed by atoms with van der Waals surface area (Å²) in [5.41, 5.74) is -0.343. The summed E-state index contributed by atoms with van der Waals surface area (Å²) in [6.07, 6.45) is -3.04. The molecule has 0 bridgehead atoms. The molecule has 3 heterocycles. The Hall–Kier alpha value is -3.37. The number of piperazine rings is 1. The van der Waals surface area contributed by atoms with Gasteiger partial charge in [0.15, 0.2) is 0 Å². The molecule has 1 fully saturated rings. The zero-order valence-corrected chi connectivity index (χ0v) is 20.2. The van der Waals surface area contributed by atoms with E-state index < -0.39 is 11.7 Å². The number of anilines is 1. The van der Waals surface area contributed by atoms with Crippen LogP contribution in [0.1, 0.15) is 45.5 Å². The van der Waals surface area contributed by atoms with Crippen LogP contribution < -0.4 is 10.2 Å². The maximum atomic E-state index is 13.3. The fourth-order valence-corrected chi connectivity index (χ4v) is 4.00. The number of nitrogens with one attached hydrogen (secondary N) is 1. The Labute approximate surface area is 201 Å². The van der Waals surface area contributed by atoms with E-state index in [-0.39, 0.29) is 28.5 Å². The van der Waals surface area contributed by atoms with Crippen molar-refractivity contribution in [2.24, 2.45) is 0 Å². The lowest BCUT2D eigenvalue weighted by Crippen LogP contribution is -2.55. The highest BCUT2D eigenvalue weighted by Crippen LogP contribution is 2.37. The lowest BCUT2D eigenvalue weighted by Gasteiger charge is -2.37. The molecule has 0 aliphatic carbocycles. The lowest BCUT2D eigenvalue weighted by molar-refractivity contribution is -0.137. The molecule has 0 atom stereocenters. The van der Waals surface area contributed by atoms with Crippen molar-refractivity contribution >= 4 is 22.9 Å². The first-order valence-electron chi connectivity index (χ1n) is 11.6. The maximum Gasteiger partial charge on any atom is 0.416 e. The SMILES string of the molecule is CCCc1nc(N2CCN(C(=O)NC(C)(C)C)CC2)c2c(-c3cccc(C(F)(F)F)c3)noc2n1. The number of alkyl halides is 3. The van der Waals surface area contributed by atoms with Crippen molar-refractivity contribution < 1.29 is 22.5 Å². The van der Waals surface area contributed by atoms with E-state index in [1.165, 1.54) is 6.07 Å². The standard InChI is InChI=1S/C24H29F3N6O2/c1-5-7-17-28-20(32-10-12-33(13-11-32)22(34)30-23(2,3)4)18-19(31-35-21(18)29-17)15-8-6-9-16(14-15)24(25,26)27/h6,8-9,14H,5,7,10-13H2,1-4H3,(H,30,34). The second-order valence-corrected chi connectivity index (χ2v) is 9.66. The third-order valence-corrected chi connectivity index (χ3v) is 5.65. The van der Waals surface area contributed by atoms with Crippen molar-refractivity contribution in [3.05, 3.63) is 35.7 Å². The summed E-state index contributed by atoms with van der Waals surface area (Å²) >= 11 is 0. The summed E-state index contributed by atoms with van der Waals surface area (Å²) in [4.78, 5) is 25.5. The van der Waals surface area contributed by atoms with Gasteiger partial charge in [-0.15, -0.1) is 0 Å². The second kappa shape index (κ2) is 9.35. The van der Waals surface area contributed by atoms with E-state index in [9.17, 15) is 18.0 Å². The monoisotopic (exact) mass is 490 g/mol. The van der Waals surface area contributed by atoms with E-state index in [0.29, 0.717) is 49.6 Å². The number of urea groups is 1. The zero-order valence-electron chi connectivity index (χ0n) is 20.2. The first-order chi connectivity index (χ1) is 16.5. The first-order valence-corrected chi connectivity index (χ1v) is 11.6. The normalized spacial score (nSPS) is 15.1. The highest BCUT2D eigenvalue weighted by Gasteiger charge is 2.32. The Morgan fingerprint density at radius 3 is 2.46 bits per heavy atom. The fourth-order valence-electron chi connectivity index (χ4n) is 4.00. The Bertz CT molecular complexity index is 1210. The van der Waals surface area contributed by atoms with Crippen molar-refractivity contribution in [3.63, 3.8) is 0 Å². The fraction of sp³-hybridized carbons (Fsp3) is 0.500. The Balaban J connectivity index is 1.70. The molecule has 0 saturated carbocycles. The van der Waals surface area contributed by atoms with Gasteiger partial charge in [0, 0.05) is 43.7 Å². The molecule has 0 spiro atoms. The summed E-state index contributed by atoms with van der Waals surface area (Å²) in [5.74, 6) is 1.14. The molecule has 3 aromatic rings. The number of aromatic nitrogens is 3. The summed E-state index contributed by atoms with van der Waals surface area (Å²) in [7, 11) is 0. The van der Waals surface area contributed by atoms with Crippen LogP contribution in [-0.2, 0) is 12.6 Å². The predicted octanol–water partition coefficient (Wildman–Crippen LogP) is 4.89. The van der Waals surface area contributed by atoms with Crippen LogP contribution in [-0.4, -0.2) is 57.8 Å². The van der Waals surface area contributed by atoms with Crippen LogP contribution in [0.3, 0.4) is 0 Å². The van der Waals surface area contributed by atoms with Crippen molar-refractivity contribution in [1.29, 1.82) is 0 Å². The molecule has 188 valence electrons. The highest BCUT2D eigenvalue weighted by molar-refractivity contribution is 5.98. The highest BCUT2D eigenvalue weighted by atomic mass is 19.4. The van der Waals surface area contributed by atoms with E-state index in [1.807, 2.05) is 32.6 Å². The number of carbonyl (C=O) groups excluding carboxylic acids is 1. The Morgan fingerprint density at radius 1 is 1.11 bits per heavy atom. The van der Waals surface area contributed by atoms with Crippen molar-refractivity contribution in [1.82, 2.24) is 25.3 Å². The van der Waals surface area contributed by atoms with E-state index in [1.54, 1.807) is 11.0 Å². The zero-order chi connectivity index (χ0) is 25.4. The summed E-state index contributed by atoms with van der Waals surface area (Å²) < 4.78 is 45.4. The van der Waals surface area contributed by atoms with Crippen molar-refractivity contribution in [3.8, 4) is 11.3 Å². The van der Waals surface area contributed by atoms with Gasteiger partial charge in [0.1, 0.15) is 22.7 Å². The molecule has 8 nitrogen and oxygen atoms in total. The number of nitrogens with zero attached hydrogens (tertiary/aromatic N) is 5. The molecule has 0 radical (unpaired) electrons. The number of aryl methyl sites for hydroxylation is 1. The predicted molar refractivity (Wildman–Crippen MR) is 126 cm³/mol. The molecule has 1 aliphatic heterocycles. The van der Waals surface area contributed by atoms with Crippen LogP contribution in [0.25, 0.3) is 22.4 Å². The molecule has 1 N–H and O–H groups in total. The van der Waals surface area contributed by atoms with Crippen LogP contribution in [0.15, 0.2) is 28.8 Å². The number of fused-ring (bicyclic) bond motifs is 1. The van der Waals surface area contributed by atoms with Gasteiger partial charge < -0.3 is 19.6 Å². The van der Waals surface area contributed by atoms with Gasteiger partial charge >= 0.3 is 12.2 Å². The third-order valence-electron chi connectivity index (χ3n) is 5.65. The quantitative estimate of drug-likeness (QED) is 0.561. The van der Waals surface area contributed by atoms with Gasteiger partial charge in [0.25, 0.3) is 5.71 Å². The average molecular weight is 491 g/mol. The molecule has 0 unspecified atom stereocenters. The minimum absolute atomic E-state index is 0.133. The minimum atomic E-state index is -4.48. The summed E-state index contributed by atoms with van der Waals surface area (Å²) in [6, 6.07) is 4.84. The summed E-state index contributed by atoms with van der Waals surface area (Å²) in [5, 5.41) is 7.52. The van der Waals surface area contributed by atoms with E-state index >= 15 is 0 Å². The number of amides is 2. The average Bonchev–Trinajstić information content (AvgIpc) is 3.21. The topological polar surface area (TPSA) is 87.4 Å². The number of carbonyl (C=O) groups is 1. The molecule has 4 rings (SSSR count). The third kappa shape index (κ3) is 5.49. The molecule has 2 amide bonds. The number of hydrogen-bond acceptors (Lipinski definition) is 6. The molecule has 1 aliphatic rings. The Morgan fingerprint density at radius 2 is 1.83 bits per heavy atom.